The summed E-state index contributed by atoms with van der Waals surface area (Å²) >= 11 is 0. The summed E-state index contributed by atoms with van der Waals surface area (Å²) in [5.41, 5.74) is 2.15. The molecule has 24 heavy (non-hydrogen) atoms. The highest BCUT2D eigenvalue weighted by Crippen LogP contribution is 2.33. The second kappa shape index (κ2) is 7.01. The lowest BCUT2D eigenvalue weighted by atomic mass is 10.1. The van der Waals surface area contributed by atoms with Crippen LogP contribution in [0.4, 0.5) is 0 Å². The molecule has 0 bridgehead atoms. The first-order valence-corrected chi connectivity index (χ1v) is 8.58. The molecule has 0 N–H and O–H groups in total. The molecule has 2 fully saturated rings. The van der Waals surface area contributed by atoms with Crippen molar-refractivity contribution in [1.29, 1.82) is 0 Å². The summed E-state index contributed by atoms with van der Waals surface area (Å²) in [4.78, 5) is 6.50. The number of aryl methyl sites for hydroxylation is 1. The summed E-state index contributed by atoms with van der Waals surface area (Å²) in [6.07, 6.45) is 6.04. The Labute approximate surface area is 141 Å². The lowest BCUT2D eigenvalue weighted by molar-refractivity contribution is -0.119. The van der Waals surface area contributed by atoms with Crippen molar-refractivity contribution >= 4 is 0 Å². The number of hydrogen-bond acceptors (Lipinski definition) is 6. The minimum atomic E-state index is 0.147. The molecule has 2 aromatic rings. The Bertz CT molecular complexity index is 661. The predicted molar refractivity (Wildman–Crippen MR) is 87.2 cm³/mol. The number of morpholine rings is 1. The largest absolute Gasteiger partial charge is 0.373 e. The Balaban J connectivity index is 1.37. The normalized spacial score (nSPS) is 27.3. The minimum Gasteiger partial charge on any atom is -0.373 e. The molecule has 0 radical (unpaired) electrons. The van der Waals surface area contributed by atoms with Crippen LogP contribution in [0.25, 0.3) is 0 Å². The molecule has 1 saturated carbocycles. The highest BCUT2D eigenvalue weighted by Gasteiger charge is 2.43. The summed E-state index contributed by atoms with van der Waals surface area (Å²) in [7, 11) is 0. The maximum absolute atomic E-state index is 6.15. The maximum atomic E-state index is 6.15. The second-order valence-electron chi connectivity index (χ2n) is 6.58. The van der Waals surface area contributed by atoms with Gasteiger partial charge in [0, 0.05) is 37.6 Å². The van der Waals surface area contributed by atoms with Gasteiger partial charge in [-0.1, -0.05) is 5.16 Å². The van der Waals surface area contributed by atoms with E-state index in [4.69, 9.17) is 14.0 Å². The summed E-state index contributed by atoms with van der Waals surface area (Å²) < 4.78 is 17.4. The van der Waals surface area contributed by atoms with Crippen molar-refractivity contribution in [2.45, 2.75) is 51.2 Å². The van der Waals surface area contributed by atoms with E-state index in [1.807, 2.05) is 25.1 Å². The molecule has 2 aromatic heterocycles. The molecular weight excluding hydrogens is 306 g/mol. The SMILES string of the molecule is Cc1cc(CN2CCO[C@@H]3[C@H]2CC[C@H]3OCc2ccncc2)no1. The summed E-state index contributed by atoms with van der Waals surface area (Å²) in [6, 6.07) is 6.40. The van der Waals surface area contributed by atoms with E-state index in [1.165, 1.54) is 0 Å². The number of rotatable bonds is 5. The molecule has 0 amide bonds. The van der Waals surface area contributed by atoms with E-state index in [2.05, 4.69) is 15.0 Å². The standard InChI is InChI=1S/C18H23N3O3/c1-13-10-15(20-24-13)11-21-8-9-22-18-16(21)2-3-17(18)23-12-14-4-6-19-7-5-14/h4-7,10,16-18H,2-3,8-9,11-12H2,1H3/t16-,17-,18-/m1/s1. The van der Waals surface area contributed by atoms with Gasteiger partial charge >= 0.3 is 0 Å². The van der Waals surface area contributed by atoms with Crippen LogP contribution in [0.5, 0.6) is 0 Å². The van der Waals surface area contributed by atoms with Crippen molar-refractivity contribution in [1.82, 2.24) is 15.0 Å². The molecule has 2 aliphatic rings. The molecule has 1 aliphatic heterocycles. The van der Waals surface area contributed by atoms with E-state index in [1.54, 1.807) is 12.4 Å². The Morgan fingerprint density at radius 2 is 2.17 bits per heavy atom. The Hall–Kier alpha value is -1.76. The fourth-order valence-electron chi connectivity index (χ4n) is 3.75. The van der Waals surface area contributed by atoms with Gasteiger partial charge in [0.15, 0.2) is 0 Å². The Morgan fingerprint density at radius 1 is 1.29 bits per heavy atom. The van der Waals surface area contributed by atoms with E-state index < -0.39 is 0 Å². The zero-order chi connectivity index (χ0) is 16.4. The van der Waals surface area contributed by atoms with Gasteiger partial charge in [-0.05, 0) is 37.5 Å². The summed E-state index contributed by atoms with van der Waals surface area (Å²) in [5.74, 6) is 0.861. The maximum Gasteiger partial charge on any atom is 0.133 e. The van der Waals surface area contributed by atoms with Crippen molar-refractivity contribution in [3.05, 3.63) is 47.6 Å². The third-order valence-electron chi connectivity index (χ3n) is 4.91. The fraction of sp³-hybridized carbons (Fsp3) is 0.556. The Kier molecular flexibility index (Phi) is 4.60. The second-order valence-corrected chi connectivity index (χ2v) is 6.58. The summed E-state index contributed by atoms with van der Waals surface area (Å²) in [6.45, 7) is 5.04. The van der Waals surface area contributed by atoms with Crippen molar-refractivity contribution in [3.63, 3.8) is 0 Å². The third kappa shape index (κ3) is 3.36. The highest BCUT2D eigenvalue weighted by atomic mass is 16.5. The smallest absolute Gasteiger partial charge is 0.133 e. The quantitative estimate of drug-likeness (QED) is 0.839. The third-order valence-corrected chi connectivity index (χ3v) is 4.91. The lowest BCUT2D eigenvalue weighted by Gasteiger charge is -2.38. The van der Waals surface area contributed by atoms with E-state index in [0.29, 0.717) is 12.6 Å². The highest BCUT2D eigenvalue weighted by molar-refractivity contribution is 5.09. The molecule has 0 aromatic carbocycles. The topological polar surface area (TPSA) is 60.6 Å². The van der Waals surface area contributed by atoms with Crippen LogP contribution in [0.1, 0.15) is 29.9 Å². The van der Waals surface area contributed by atoms with Gasteiger partial charge in [-0.15, -0.1) is 0 Å². The van der Waals surface area contributed by atoms with Crippen molar-refractivity contribution in [2.24, 2.45) is 0 Å². The molecule has 4 rings (SSSR count). The molecule has 1 aliphatic carbocycles. The van der Waals surface area contributed by atoms with Crippen LogP contribution in [0.2, 0.25) is 0 Å². The molecule has 6 nitrogen and oxygen atoms in total. The van der Waals surface area contributed by atoms with Crippen LogP contribution in [0.15, 0.2) is 35.1 Å². The van der Waals surface area contributed by atoms with E-state index in [9.17, 15) is 0 Å². The molecule has 0 spiro atoms. The van der Waals surface area contributed by atoms with Gasteiger partial charge in [0.2, 0.25) is 0 Å². The van der Waals surface area contributed by atoms with Crippen molar-refractivity contribution < 1.29 is 14.0 Å². The van der Waals surface area contributed by atoms with Gasteiger partial charge in [-0.2, -0.15) is 0 Å². The molecule has 128 valence electrons. The monoisotopic (exact) mass is 329 g/mol. The van der Waals surface area contributed by atoms with Gasteiger partial charge in [0.1, 0.15) is 5.76 Å². The van der Waals surface area contributed by atoms with Crippen LogP contribution in [-0.2, 0) is 22.6 Å². The number of fused-ring (bicyclic) bond motifs is 1. The fourth-order valence-corrected chi connectivity index (χ4v) is 3.75. The van der Waals surface area contributed by atoms with Crippen molar-refractivity contribution in [3.8, 4) is 0 Å². The predicted octanol–water partition coefficient (Wildman–Crippen LogP) is 2.33. The molecular formula is C18H23N3O3. The lowest BCUT2D eigenvalue weighted by Crippen LogP contribution is -2.51. The van der Waals surface area contributed by atoms with Crippen LogP contribution in [0, 0.1) is 6.92 Å². The van der Waals surface area contributed by atoms with E-state index in [0.717, 1.165) is 49.6 Å². The van der Waals surface area contributed by atoms with Gasteiger partial charge in [0.25, 0.3) is 0 Å². The van der Waals surface area contributed by atoms with E-state index in [-0.39, 0.29) is 12.2 Å². The molecule has 3 heterocycles. The molecule has 6 heteroatoms. The van der Waals surface area contributed by atoms with Gasteiger partial charge in [0.05, 0.1) is 31.1 Å². The van der Waals surface area contributed by atoms with Crippen molar-refractivity contribution in [2.75, 3.05) is 13.2 Å². The van der Waals surface area contributed by atoms with Crippen LogP contribution < -0.4 is 0 Å². The average molecular weight is 329 g/mol. The molecule has 3 atom stereocenters. The first-order valence-electron chi connectivity index (χ1n) is 8.58. The number of aromatic nitrogens is 2. The zero-order valence-electron chi connectivity index (χ0n) is 13.9. The number of pyridine rings is 1. The van der Waals surface area contributed by atoms with Crippen LogP contribution in [0.3, 0.4) is 0 Å². The number of ether oxygens (including phenoxy) is 2. The first kappa shape index (κ1) is 15.7. The summed E-state index contributed by atoms with van der Waals surface area (Å²) in [5, 5.41) is 4.12. The minimum absolute atomic E-state index is 0.147. The number of nitrogens with zero attached hydrogens (tertiary/aromatic N) is 3. The van der Waals surface area contributed by atoms with Gasteiger partial charge < -0.3 is 14.0 Å². The number of hydrogen-bond donors (Lipinski definition) is 0. The average Bonchev–Trinajstić information content (AvgIpc) is 3.21. The van der Waals surface area contributed by atoms with Crippen LogP contribution >= 0.6 is 0 Å². The molecule has 1 saturated heterocycles. The first-order chi connectivity index (χ1) is 11.8. The van der Waals surface area contributed by atoms with E-state index >= 15 is 0 Å². The Morgan fingerprint density at radius 3 is 2.96 bits per heavy atom. The van der Waals surface area contributed by atoms with Gasteiger partial charge in [-0.25, -0.2) is 0 Å². The van der Waals surface area contributed by atoms with Crippen LogP contribution in [-0.4, -0.2) is 46.4 Å². The molecule has 0 unspecified atom stereocenters. The van der Waals surface area contributed by atoms with Gasteiger partial charge in [-0.3, -0.25) is 9.88 Å². The zero-order valence-corrected chi connectivity index (χ0v) is 13.9.